The van der Waals surface area contributed by atoms with Crippen molar-refractivity contribution >= 4 is 15.9 Å². The van der Waals surface area contributed by atoms with Crippen LogP contribution in [0, 0.1) is 22.7 Å². The maximum atomic E-state index is 3.53. The topological polar surface area (TPSA) is 0 Å². The Morgan fingerprint density at radius 2 is 2.10 bits per heavy atom. The van der Waals surface area contributed by atoms with Crippen LogP contribution in [-0.2, 0) is 0 Å². The molecule has 0 spiro atoms. The van der Waals surface area contributed by atoms with Crippen molar-refractivity contribution < 1.29 is 0 Å². The summed E-state index contributed by atoms with van der Waals surface area (Å²) in [5.74, 6) is 1.73. The van der Waals surface area contributed by atoms with Crippen molar-refractivity contribution in [2.24, 2.45) is 22.7 Å². The van der Waals surface area contributed by atoms with Crippen LogP contribution in [0.3, 0.4) is 0 Å². The second-order valence-electron chi connectivity index (χ2n) is 8.08. The van der Waals surface area contributed by atoms with E-state index in [9.17, 15) is 0 Å². The summed E-state index contributed by atoms with van der Waals surface area (Å²) in [4.78, 5) is 0. The summed E-state index contributed by atoms with van der Waals surface area (Å²) in [6.45, 7) is 12.3. The fourth-order valence-electron chi connectivity index (χ4n) is 5.03. The van der Waals surface area contributed by atoms with Gasteiger partial charge in [-0.25, -0.2) is 0 Å². The highest BCUT2D eigenvalue weighted by Crippen LogP contribution is 2.61. The van der Waals surface area contributed by atoms with E-state index in [4.69, 9.17) is 0 Å². The molecule has 0 bridgehead atoms. The molecule has 0 aromatic heterocycles. The van der Waals surface area contributed by atoms with E-state index < -0.39 is 0 Å². The zero-order chi connectivity index (χ0) is 15.7. The monoisotopic (exact) mass is 352 g/mol. The lowest BCUT2D eigenvalue weighted by Gasteiger charge is -2.58. The first-order valence-corrected chi connectivity index (χ1v) is 9.85. The minimum Gasteiger partial charge on any atom is -0.0883 e. The van der Waals surface area contributed by atoms with Crippen LogP contribution in [0.25, 0.3) is 0 Å². The Morgan fingerprint density at radius 3 is 2.76 bits per heavy atom. The summed E-state index contributed by atoms with van der Waals surface area (Å²) in [5, 5.41) is 0.994. The SMILES string of the molecule is CC1=CCC[C@H]2[C@](C)(CC/C(C)=C/CBr)[C@@H](C)CC[C@@]12C. The third kappa shape index (κ3) is 3.19. The molecule has 2 aliphatic carbocycles. The van der Waals surface area contributed by atoms with Gasteiger partial charge in [0.05, 0.1) is 0 Å². The van der Waals surface area contributed by atoms with Crippen LogP contribution in [0.5, 0.6) is 0 Å². The number of rotatable bonds is 4. The third-order valence-corrected chi connectivity index (χ3v) is 7.40. The van der Waals surface area contributed by atoms with Crippen molar-refractivity contribution in [2.75, 3.05) is 5.33 Å². The molecular weight excluding hydrogens is 320 g/mol. The Morgan fingerprint density at radius 1 is 1.38 bits per heavy atom. The molecule has 0 heterocycles. The smallest absolute Gasteiger partial charge is 0.0214 e. The normalized spacial score (nSPS) is 40.7. The van der Waals surface area contributed by atoms with E-state index in [1.807, 2.05) is 0 Å². The molecule has 0 N–H and O–H groups in total. The summed E-state index contributed by atoms with van der Waals surface area (Å²) in [5.41, 5.74) is 4.19. The van der Waals surface area contributed by atoms with Crippen LogP contribution >= 0.6 is 15.9 Å². The molecular formula is C20H33Br. The van der Waals surface area contributed by atoms with E-state index in [0.29, 0.717) is 10.8 Å². The van der Waals surface area contributed by atoms with E-state index in [2.05, 4.69) is 62.7 Å². The molecule has 1 saturated carbocycles. The first-order chi connectivity index (χ1) is 9.84. The van der Waals surface area contributed by atoms with Crippen molar-refractivity contribution in [1.82, 2.24) is 0 Å². The molecule has 1 heteroatoms. The van der Waals surface area contributed by atoms with Gasteiger partial charge < -0.3 is 0 Å². The minimum absolute atomic E-state index is 0.465. The Kier molecular flexibility index (Phi) is 5.45. The molecule has 2 rings (SSSR count). The average Bonchev–Trinajstić information content (AvgIpc) is 2.44. The van der Waals surface area contributed by atoms with Gasteiger partial charge >= 0.3 is 0 Å². The Labute approximate surface area is 140 Å². The molecule has 0 unspecified atom stereocenters. The molecule has 120 valence electrons. The van der Waals surface area contributed by atoms with Crippen LogP contribution in [0.1, 0.15) is 73.1 Å². The fourth-order valence-corrected chi connectivity index (χ4v) is 5.59. The Bertz CT molecular complexity index is 433. The summed E-state index contributed by atoms with van der Waals surface area (Å²) >= 11 is 3.53. The molecule has 4 atom stereocenters. The van der Waals surface area contributed by atoms with Gasteiger partial charge in [0.25, 0.3) is 0 Å². The maximum absolute atomic E-state index is 3.53. The maximum Gasteiger partial charge on any atom is 0.0214 e. The number of allylic oxidation sites excluding steroid dienone is 4. The molecule has 0 aromatic rings. The predicted octanol–water partition coefficient (Wildman–Crippen LogP) is 6.91. The number of fused-ring (bicyclic) bond motifs is 1. The fraction of sp³-hybridized carbons (Fsp3) is 0.800. The summed E-state index contributed by atoms with van der Waals surface area (Å²) in [7, 11) is 0. The van der Waals surface area contributed by atoms with E-state index in [0.717, 1.165) is 17.2 Å². The Hall–Kier alpha value is -0.0400. The summed E-state index contributed by atoms with van der Waals surface area (Å²) in [6, 6.07) is 0. The molecule has 0 aliphatic heterocycles. The minimum atomic E-state index is 0.465. The highest BCUT2D eigenvalue weighted by molar-refractivity contribution is 9.09. The molecule has 0 amide bonds. The van der Waals surface area contributed by atoms with Crippen molar-refractivity contribution in [2.45, 2.75) is 73.1 Å². The van der Waals surface area contributed by atoms with Gasteiger partial charge in [-0.3, -0.25) is 0 Å². The number of alkyl halides is 1. The van der Waals surface area contributed by atoms with Gasteiger partial charge in [0.15, 0.2) is 0 Å². The molecule has 1 fully saturated rings. The quantitative estimate of drug-likeness (QED) is 0.381. The lowest BCUT2D eigenvalue weighted by Crippen LogP contribution is -2.49. The zero-order valence-electron chi connectivity index (χ0n) is 14.6. The van der Waals surface area contributed by atoms with Crippen LogP contribution in [0.15, 0.2) is 23.3 Å². The van der Waals surface area contributed by atoms with Gasteiger partial charge in [-0.1, -0.05) is 60.0 Å². The second kappa shape index (κ2) is 6.60. The van der Waals surface area contributed by atoms with Crippen molar-refractivity contribution in [1.29, 1.82) is 0 Å². The van der Waals surface area contributed by atoms with E-state index >= 15 is 0 Å². The van der Waals surface area contributed by atoms with Crippen molar-refractivity contribution in [3.63, 3.8) is 0 Å². The first kappa shape index (κ1) is 17.3. The van der Waals surface area contributed by atoms with Gasteiger partial charge in [0.2, 0.25) is 0 Å². The van der Waals surface area contributed by atoms with Crippen LogP contribution in [0.4, 0.5) is 0 Å². The lowest BCUT2D eigenvalue weighted by atomic mass is 9.47. The van der Waals surface area contributed by atoms with Gasteiger partial charge in [0, 0.05) is 5.33 Å². The molecule has 0 aromatic carbocycles. The Balaban J connectivity index is 2.23. The zero-order valence-corrected chi connectivity index (χ0v) is 16.2. The van der Waals surface area contributed by atoms with Gasteiger partial charge in [-0.15, -0.1) is 0 Å². The van der Waals surface area contributed by atoms with Gasteiger partial charge in [-0.2, -0.15) is 0 Å². The number of hydrogen-bond donors (Lipinski definition) is 0. The van der Waals surface area contributed by atoms with Crippen molar-refractivity contribution in [3.8, 4) is 0 Å². The molecule has 0 saturated heterocycles. The molecule has 0 nitrogen and oxygen atoms in total. The third-order valence-electron chi connectivity index (χ3n) is 7.08. The average molecular weight is 353 g/mol. The largest absolute Gasteiger partial charge is 0.0883 e. The number of hydrogen-bond acceptors (Lipinski definition) is 0. The van der Waals surface area contributed by atoms with Crippen LogP contribution < -0.4 is 0 Å². The number of halogens is 1. The lowest BCUT2D eigenvalue weighted by molar-refractivity contribution is -0.0466. The second-order valence-corrected chi connectivity index (χ2v) is 8.73. The van der Waals surface area contributed by atoms with Crippen LogP contribution in [0.2, 0.25) is 0 Å². The standard InChI is InChI=1S/C20H33Br/c1-15(11-14-21)9-12-19(4)17(3)10-13-20(5)16(2)7-6-8-18(19)20/h7,11,17-18H,6,8-10,12-14H2,1-5H3/b15-11+/t17-,18-,19+,20-/m0/s1. The van der Waals surface area contributed by atoms with E-state index in [-0.39, 0.29) is 0 Å². The first-order valence-electron chi connectivity index (χ1n) is 8.73. The van der Waals surface area contributed by atoms with E-state index in [1.165, 1.54) is 38.5 Å². The van der Waals surface area contributed by atoms with Crippen LogP contribution in [-0.4, -0.2) is 5.33 Å². The van der Waals surface area contributed by atoms with Gasteiger partial charge in [-0.05, 0) is 75.0 Å². The highest BCUT2D eigenvalue weighted by atomic mass is 79.9. The predicted molar refractivity (Wildman–Crippen MR) is 97.9 cm³/mol. The van der Waals surface area contributed by atoms with Crippen molar-refractivity contribution in [3.05, 3.63) is 23.3 Å². The van der Waals surface area contributed by atoms with Gasteiger partial charge in [0.1, 0.15) is 0 Å². The molecule has 21 heavy (non-hydrogen) atoms. The van der Waals surface area contributed by atoms with E-state index in [1.54, 1.807) is 11.1 Å². The molecule has 0 radical (unpaired) electrons. The summed E-state index contributed by atoms with van der Waals surface area (Å²) in [6.07, 6.45) is 13.0. The molecule has 2 aliphatic rings. The highest BCUT2D eigenvalue weighted by Gasteiger charge is 2.52. The summed E-state index contributed by atoms with van der Waals surface area (Å²) < 4.78 is 0.